The standard InChI is InChI=1S/C10H18N4O2/c1-6-10(2,3)11-7-8(15)13(4)9(16)14(5)12-7/h6H2,1-5H3,(H,11,12). The first kappa shape index (κ1) is 12.5. The fraction of sp³-hybridized carbons (Fsp3) is 0.700. The van der Waals surface area contributed by atoms with Gasteiger partial charge in [0.05, 0.1) is 0 Å². The van der Waals surface area contributed by atoms with Gasteiger partial charge in [0.2, 0.25) is 5.82 Å². The number of aryl methyl sites for hydroxylation is 1. The average molecular weight is 226 g/mol. The predicted molar refractivity (Wildman–Crippen MR) is 62.7 cm³/mol. The van der Waals surface area contributed by atoms with Crippen molar-refractivity contribution in [3.63, 3.8) is 0 Å². The molecule has 0 saturated heterocycles. The molecule has 6 heteroatoms. The second kappa shape index (κ2) is 4.11. The first-order valence-electron chi connectivity index (χ1n) is 5.21. The highest BCUT2D eigenvalue weighted by atomic mass is 16.2. The number of aromatic nitrogens is 3. The van der Waals surface area contributed by atoms with Crippen LogP contribution >= 0.6 is 0 Å². The van der Waals surface area contributed by atoms with E-state index in [-0.39, 0.29) is 11.4 Å². The summed E-state index contributed by atoms with van der Waals surface area (Å²) in [5.74, 6) is 0.205. The minimum Gasteiger partial charge on any atom is -0.359 e. The molecule has 0 aliphatic heterocycles. The van der Waals surface area contributed by atoms with Gasteiger partial charge in [0.15, 0.2) is 0 Å². The van der Waals surface area contributed by atoms with Crippen LogP contribution in [0, 0.1) is 0 Å². The fourth-order valence-corrected chi connectivity index (χ4v) is 1.19. The van der Waals surface area contributed by atoms with Crippen molar-refractivity contribution in [3.8, 4) is 0 Å². The van der Waals surface area contributed by atoms with Crippen molar-refractivity contribution in [2.24, 2.45) is 14.1 Å². The SMILES string of the molecule is CCC(C)(C)Nc1nn(C)c(=O)n(C)c1=O. The average Bonchev–Trinajstić information content (AvgIpc) is 2.22. The normalized spacial score (nSPS) is 11.6. The Labute approximate surface area is 93.9 Å². The van der Waals surface area contributed by atoms with Crippen LogP contribution in [0.1, 0.15) is 27.2 Å². The summed E-state index contributed by atoms with van der Waals surface area (Å²) in [7, 11) is 2.96. The van der Waals surface area contributed by atoms with E-state index in [1.807, 2.05) is 20.8 Å². The van der Waals surface area contributed by atoms with Gasteiger partial charge >= 0.3 is 5.69 Å². The van der Waals surface area contributed by atoms with Gasteiger partial charge in [0.1, 0.15) is 0 Å². The highest BCUT2D eigenvalue weighted by Crippen LogP contribution is 2.12. The van der Waals surface area contributed by atoms with E-state index < -0.39 is 11.2 Å². The second-order valence-electron chi connectivity index (χ2n) is 4.48. The summed E-state index contributed by atoms with van der Waals surface area (Å²) in [6.45, 7) is 5.96. The van der Waals surface area contributed by atoms with Gasteiger partial charge in [0.25, 0.3) is 5.56 Å². The lowest BCUT2D eigenvalue weighted by Gasteiger charge is -2.24. The molecule has 0 saturated carbocycles. The van der Waals surface area contributed by atoms with Gasteiger partial charge < -0.3 is 5.32 Å². The lowest BCUT2D eigenvalue weighted by molar-refractivity contribution is 0.528. The smallest absolute Gasteiger partial charge is 0.346 e. The molecule has 1 rings (SSSR count). The van der Waals surface area contributed by atoms with Crippen LogP contribution in [0.5, 0.6) is 0 Å². The molecule has 90 valence electrons. The molecule has 0 unspecified atom stereocenters. The highest BCUT2D eigenvalue weighted by molar-refractivity contribution is 5.33. The Balaban J connectivity index is 3.27. The van der Waals surface area contributed by atoms with Crippen LogP contribution in [-0.2, 0) is 14.1 Å². The molecule has 1 N–H and O–H groups in total. The highest BCUT2D eigenvalue weighted by Gasteiger charge is 2.18. The lowest BCUT2D eigenvalue weighted by Crippen LogP contribution is -2.43. The van der Waals surface area contributed by atoms with E-state index >= 15 is 0 Å². The van der Waals surface area contributed by atoms with Crippen LogP contribution in [0.3, 0.4) is 0 Å². The van der Waals surface area contributed by atoms with Gasteiger partial charge in [-0.05, 0) is 20.3 Å². The molecule has 1 aromatic heterocycles. The van der Waals surface area contributed by atoms with Gasteiger partial charge in [-0.3, -0.25) is 9.36 Å². The Hall–Kier alpha value is -1.59. The van der Waals surface area contributed by atoms with Gasteiger partial charge in [-0.2, -0.15) is 0 Å². The van der Waals surface area contributed by atoms with Gasteiger partial charge in [-0.15, -0.1) is 5.10 Å². The summed E-state index contributed by atoms with van der Waals surface area (Å²) < 4.78 is 2.19. The van der Waals surface area contributed by atoms with E-state index in [9.17, 15) is 9.59 Å². The van der Waals surface area contributed by atoms with Gasteiger partial charge in [-0.1, -0.05) is 6.92 Å². The minimum atomic E-state index is -0.426. The Morgan fingerprint density at radius 3 is 2.38 bits per heavy atom. The fourth-order valence-electron chi connectivity index (χ4n) is 1.19. The van der Waals surface area contributed by atoms with Gasteiger partial charge in [0, 0.05) is 19.6 Å². The van der Waals surface area contributed by atoms with E-state index in [1.54, 1.807) is 0 Å². The predicted octanol–water partition coefficient (Wildman–Crippen LogP) is 0.0795. The minimum absolute atomic E-state index is 0.205. The van der Waals surface area contributed by atoms with Crippen LogP contribution in [0.25, 0.3) is 0 Å². The van der Waals surface area contributed by atoms with Crippen LogP contribution < -0.4 is 16.6 Å². The molecule has 0 aromatic carbocycles. The third kappa shape index (κ3) is 2.32. The number of hydrogen-bond acceptors (Lipinski definition) is 4. The molecule has 0 aliphatic carbocycles. The van der Waals surface area contributed by atoms with Crippen molar-refractivity contribution in [1.82, 2.24) is 14.3 Å². The molecule has 1 heterocycles. The summed E-state index contributed by atoms with van der Waals surface area (Å²) in [6, 6.07) is 0. The molecule has 16 heavy (non-hydrogen) atoms. The van der Waals surface area contributed by atoms with Crippen molar-refractivity contribution in [2.75, 3.05) is 5.32 Å². The Kier molecular flexibility index (Phi) is 3.21. The summed E-state index contributed by atoms with van der Waals surface area (Å²) >= 11 is 0. The summed E-state index contributed by atoms with van der Waals surface area (Å²) in [4.78, 5) is 23.2. The zero-order valence-electron chi connectivity index (χ0n) is 10.4. The van der Waals surface area contributed by atoms with E-state index in [2.05, 4.69) is 10.4 Å². The van der Waals surface area contributed by atoms with Crippen LogP contribution in [0.2, 0.25) is 0 Å². The summed E-state index contributed by atoms with van der Waals surface area (Å²) in [5, 5.41) is 6.97. The summed E-state index contributed by atoms with van der Waals surface area (Å²) in [6.07, 6.45) is 0.848. The van der Waals surface area contributed by atoms with Crippen LogP contribution in [0.15, 0.2) is 9.59 Å². The molecule has 0 amide bonds. The number of nitrogens with one attached hydrogen (secondary N) is 1. The lowest BCUT2D eigenvalue weighted by atomic mass is 10.0. The third-order valence-electron chi connectivity index (χ3n) is 2.66. The first-order valence-corrected chi connectivity index (χ1v) is 5.21. The maximum absolute atomic E-state index is 11.8. The van der Waals surface area contributed by atoms with Crippen LogP contribution in [0.4, 0.5) is 5.82 Å². The Morgan fingerprint density at radius 2 is 1.88 bits per heavy atom. The number of hydrogen-bond donors (Lipinski definition) is 1. The van der Waals surface area contributed by atoms with Crippen molar-refractivity contribution in [1.29, 1.82) is 0 Å². The first-order chi connectivity index (χ1) is 7.28. The molecule has 0 fully saturated rings. The quantitative estimate of drug-likeness (QED) is 0.792. The van der Waals surface area contributed by atoms with Crippen molar-refractivity contribution in [3.05, 3.63) is 20.8 Å². The van der Waals surface area contributed by atoms with Crippen LogP contribution in [-0.4, -0.2) is 19.9 Å². The van der Waals surface area contributed by atoms with E-state index in [1.165, 1.54) is 14.1 Å². The van der Waals surface area contributed by atoms with E-state index in [0.717, 1.165) is 15.7 Å². The summed E-state index contributed by atoms with van der Waals surface area (Å²) in [5.41, 5.74) is -1.05. The van der Waals surface area contributed by atoms with Crippen molar-refractivity contribution in [2.45, 2.75) is 32.7 Å². The Morgan fingerprint density at radius 1 is 1.31 bits per heavy atom. The maximum Gasteiger partial charge on any atom is 0.346 e. The number of rotatable bonds is 3. The third-order valence-corrected chi connectivity index (χ3v) is 2.66. The molecule has 0 aliphatic rings. The molecule has 0 spiro atoms. The van der Waals surface area contributed by atoms with E-state index in [0.29, 0.717) is 0 Å². The largest absolute Gasteiger partial charge is 0.359 e. The maximum atomic E-state index is 11.8. The second-order valence-corrected chi connectivity index (χ2v) is 4.48. The molecular formula is C10H18N4O2. The molecule has 0 radical (unpaired) electrons. The number of anilines is 1. The molecule has 0 bridgehead atoms. The molecule has 0 atom stereocenters. The molecule has 1 aromatic rings. The van der Waals surface area contributed by atoms with Gasteiger partial charge in [-0.25, -0.2) is 9.48 Å². The molecular weight excluding hydrogens is 208 g/mol. The Bertz CT molecular complexity index is 499. The zero-order chi connectivity index (χ0) is 12.5. The number of nitrogens with zero attached hydrogens (tertiary/aromatic N) is 3. The van der Waals surface area contributed by atoms with E-state index in [4.69, 9.17) is 0 Å². The topological polar surface area (TPSA) is 68.9 Å². The monoisotopic (exact) mass is 226 g/mol. The zero-order valence-corrected chi connectivity index (χ0v) is 10.4. The molecule has 6 nitrogen and oxygen atoms in total. The van der Waals surface area contributed by atoms with Crippen molar-refractivity contribution >= 4 is 5.82 Å². The van der Waals surface area contributed by atoms with Crippen molar-refractivity contribution < 1.29 is 0 Å².